The van der Waals surface area contributed by atoms with E-state index < -0.39 is 22.0 Å². The molecule has 154 valence electrons. The molecule has 0 unspecified atom stereocenters. The molecule has 30 heavy (non-hydrogen) atoms. The van der Waals surface area contributed by atoms with Crippen LogP contribution in [-0.2, 0) is 6.61 Å². The number of nitro groups is 1. The number of ether oxygens (including phenoxy) is 2. The SMILES string of the molecule is COc1cc(/C=C/c2nc(O)c([N+](=O)[O-])c(=O)[nH]2)ccc1OCc1ccc(Cl)cc1. The molecule has 10 heteroatoms. The zero-order valence-electron chi connectivity index (χ0n) is 15.7. The van der Waals surface area contributed by atoms with Gasteiger partial charge in [-0.15, -0.1) is 0 Å². The van der Waals surface area contributed by atoms with E-state index in [2.05, 4.69) is 9.97 Å². The van der Waals surface area contributed by atoms with Crippen LogP contribution in [0.5, 0.6) is 17.4 Å². The Morgan fingerprint density at radius 1 is 1.20 bits per heavy atom. The second kappa shape index (κ2) is 9.10. The van der Waals surface area contributed by atoms with Crippen molar-refractivity contribution in [1.29, 1.82) is 0 Å². The average Bonchev–Trinajstić information content (AvgIpc) is 2.71. The maximum absolute atomic E-state index is 11.7. The van der Waals surface area contributed by atoms with Crippen LogP contribution in [0.4, 0.5) is 5.69 Å². The second-order valence-electron chi connectivity index (χ2n) is 6.04. The maximum Gasteiger partial charge on any atom is 0.395 e. The van der Waals surface area contributed by atoms with Crippen LogP contribution in [0.15, 0.2) is 47.3 Å². The van der Waals surface area contributed by atoms with Crippen molar-refractivity contribution in [3.05, 3.63) is 84.9 Å². The monoisotopic (exact) mass is 429 g/mol. The van der Waals surface area contributed by atoms with Gasteiger partial charge in [-0.25, -0.2) is 0 Å². The number of methoxy groups -OCH3 is 1. The summed E-state index contributed by atoms with van der Waals surface area (Å²) in [4.78, 5) is 27.3. The fraction of sp³-hybridized carbons (Fsp3) is 0.100. The first-order valence-electron chi connectivity index (χ1n) is 8.58. The Balaban J connectivity index is 1.76. The van der Waals surface area contributed by atoms with Crippen LogP contribution in [0.3, 0.4) is 0 Å². The highest BCUT2D eigenvalue weighted by Gasteiger charge is 2.21. The zero-order chi connectivity index (χ0) is 21.7. The molecule has 0 spiro atoms. The molecule has 0 bridgehead atoms. The van der Waals surface area contributed by atoms with Crippen LogP contribution in [0.25, 0.3) is 12.2 Å². The van der Waals surface area contributed by atoms with Crippen LogP contribution in [0, 0.1) is 10.1 Å². The lowest BCUT2D eigenvalue weighted by atomic mass is 10.2. The number of hydrogen-bond acceptors (Lipinski definition) is 7. The summed E-state index contributed by atoms with van der Waals surface area (Å²) in [6.07, 6.45) is 2.99. The third-order valence-electron chi connectivity index (χ3n) is 4.01. The highest BCUT2D eigenvalue weighted by molar-refractivity contribution is 6.30. The fourth-order valence-electron chi connectivity index (χ4n) is 2.54. The highest BCUT2D eigenvalue weighted by Crippen LogP contribution is 2.29. The first-order valence-corrected chi connectivity index (χ1v) is 8.96. The third-order valence-corrected chi connectivity index (χ3v) is 4.26. The third kappa shape index (κ3) is 4.95. The summed E-state index contributed by atoms with van der Waals surface area (Å²) in [5.41, 5.74) is -0.420. The zero-order valence-corrected chi connectivity index (χ0v) is 16.4. The molecule has 2 aromatic carbocycles. The van der Waals surface area contributed by atoms with E-state index in [-0.39, 0.29) is 5.82 Å². The van der Waals surface area contributed by atoms with Gasteiger partial charge in [-0.1, -0.05) is 35.9 Å². The van der Waals surface area contributed by atoms with E-state index in [0.717, 1.165) is 5.56 Å². The predicted octanol–water partition coefficient (Wildman–Crippen LogP) is 3.80. The number of H-pyrrole nitrogens is 1. The van der Waals surface area contributed by atoms with Gasteiger partial charge in [0.15, 0.2) is 11.5 Å². The second-order valence-corrected chi connectivity index (χ2v) is 6.48. The van der Waals surface area contributed by atoms with Crippen LogP contribution < -0.4 is 15.0 Å². The maximum atomic E-state index is 11.7. The van der Waals surface area contributed by atoms with Gasteiger partial charge in [0.1, 0.15) is 12.4 Å². The molecule has 3 rings (SSSR count). The van der Waals surface area contributed by atoms with Crippen molar-refractivity contribution in [2.45, 2.75) is 6.61 Å². The van der Waals surface area contributed by atoms with Crippen molar-refractivity contribution in [1.82, 2.24) is 9.97 Å². The molecule has 0 aliphatic carbocycles. The molecule has 1 heterocycles. The van der Waals surface area contributed by atoms with Crippen LogP contribution in [0.2, 0.25) is 5.02 Å². The van der Waals surface area contributed by atoms with Crippen LogP contribution in [0.1, 0.15) is 17.0 Å². The van der Waals surface area contributed by atoms with Gasteiger partial charge in [0.05, 0.1) is 12.0 Å². The van der Waals surface area contributed by atoms with Crippen molar-refractivity contribution in [2.24, 2.45) is 0 Å². The quantitative estimate of drug-likeness (QED) is 0.432. The number of aromatic amines is 1. The molecular weight excluding hydrogens is 414 g/mol. The lowest BCUT2D eigenvalue weighted by Crippen LogP contribution is -2.14. The lowest BCUT2D eigenvalue weighted by Gasteiger charge is -2.11. The standard InChI is InChI=1S/C20H16ClN3O6/c1-29-16-10-12(4-8-15(16)30-11-13-2-6-14(21)7-3-13)5-9-17-22-19(25)18(24(27)28)20(26)23-17/h2-10H,11H2,1H3,(H2,22,23,25,26)/b9-5+. The van der Waals surface area contributed by atoms with Crippen molar-refractivity contribution in [2.75, 3.05) is 7.11 Å². The molecule has 0 aliphatic rings. The largest absolute Gasteiger partial charge is 0.493 e. The van der Waals surface area contributed by atoms with Gasteiger partial charge in [0.2, 0.25) is 0 Å². The summed E-state index contributed by atoms with van der Waals surface area (Å²) in [5.74, 6) is 0.0280. The molecule has 0 saturated carbocycles. The molecule has 2 N–H and O–H groups in total. The first-order chi connectivity index (χ1) is 14.4. The van der Waals surface area contributed by atoms with E-state index in [1.165, 1.54) is 13.2 Å². The van der Waals surface area contributed by atoms with E-state index in [1.54, 1.807) is 36.4 Å². The minimum absolute atomic E-state index is 0.0369. The highest BCUT2D eigenvalue weighted by atomic mass is 35.5. The Kier molecular flexibility index (Phi) is 6.33. The summed E-state index contributed by atoms with van der Waals surface area (Å²) in [7, 11) is 1.51. The summed E-state index contributed by atoms with van der Waals surface area (Å²) in [5, 5.41) is 20.9. The number of nitrogens with one attached hydrogen (secondary N) is 1. The number of aromatic hydroxyl groups is 1. The Labute approximate surface area is 175 Å². The van der Waals surface area contributed by atoms with Gasteiger partial charge in [0.25, 0.3) is 5.88 Å². The minimum Gasteiger partial charge on any atom is -0.493 e. The number of aromatic nitrogens is 2. The Morgan fingerprint density at radius 2 is 1.93 bits per heavy atom. The van der Waals surface area contributed by atoms with E-state index in [0.29, 0.717) is 28.7 Å². The van der Waals surface area contributed by atoms with Crippen molar-refractivity contribution >= 4 is 29.4 Å². The van der Waals surface area contributed by atoms with Gasteiger partial charge in [-0.05, 0) is 41.5 Å². The smallest absolute Gasteiger partial charge is 0.395 e. The van der Waals surface area contributed by atoms with Gasteiger partial charge in [0, 0.05) is 5.02 Å². The molecule has 3 aromatic rings. The molecule has 0 saturated heterocycles. The van der Waals surface area contributed by atoms with E-state index in [1.807, 2.05) is 12.1 Å². The Bertz CT molecular complexity index is 1160. The van der Waals surface area contributed by atoms with Gasteiger partial charge < -0.3 is 19.6 Å². The van der Waals surface area contributed by atoms with E-state index >= 15 is 0 Å². The van der Waals surface area contributed by atoms with Gasteiger partial charge in [-0.2, -0.15) is 4.98 Å². The Hall–Kier alpha value is -3.85. The van der Waals surface area contributed by atoms with Crippen molar-refractivity contribution in [3.63, 3.8) is 0 Å². The van der Waals surface area contributed by atoms with Crippen molar-refractivity contribution < 1.29 is 19.5 Å². The molecule has 0 fully saturated rings. The summed E-state index contributed by atoms with van der Waals surface area (Å²) in [6, 6.07) is 12.5. The van der Waals surface area contributed by atoms with E-state index in [4.69, 9.17) is 21.1 Å². The summed E-state index contributed by atoms with van der Waals surface area (Å²) >= 11 is 5.87. The molecule has 0 amide bonds. The molecule has 0 atom stereocenters. The topological polar surface area (TPSA) is 128 Å². The minimum atomic E-state index is -1.05. The van der Waals surface area contributed by atoms with Crippen molar-refractivity contribution in [3.8, 4) is 17.4 Å². The number of benzene rings is 2. The average molecular weight is 430 g/mol. The normalized spacial score (nSPS) is 10.9. The fourth-order valence-corrected chi connectivity index (χ4v) is 2.67. The first kappa shape index (κ1) is 20.9. The Morgan fingerprint density at radius 3 is 2.57 bits per heavy atom. The number of halogens is 1. The van der Waals surface area contributed by atoms with Crippen LogP contribution >= 0.6 is 11.6 Å². The summed E-state index contributed by atoms with van der Waals surface area (Å²) < 4.78 is 11.1. The molecular formula is C20H16ClN3O6. The lowest BCUT2D eigenvalue weighted by molar-refractivity contribution is -0.387. The van der Waals surface area contributed by atoms with Gasteiger partial charge in [-0.3, -0.25) is 14.9 Å². The number of hydrogen-bond donors (Lipinski definition) is 2. The number of nitrogens with zero attached hydrogens (tertiary/aromatic N) is 2. The van der Waals surface area contributed by atoms with Crippen LogP contribution in [-0.4, -0.2) is 27.1 Å². The van der Waals surface area contributed by atoms with Gasteiger partial charge >= 0.3 is 11.2 Å². The summed E-state index contributed by atoms with van der Waals surface area (Å²) in [6.45, 7) is 0.329. The molecule has 9 nitrogen and oxygen atoms in total. The number of rotatable bonds is 7. The molecule has 1 aromatic heterocycles. The molecule has 0 radical (unpaired) electrons. The predicted molar refractivity (Wildman–Crippen MR) is 111 cm³/mol. The molecule has 0 aliphatic heterocycles. The van der Waals surface area contributed by atoms with E-state index in [9.17, 15) is 20.0 Å².